The molecule has 1 rings (SSSR count). The molecule has 0 bridgehead atoms. The van der Waals surface area contributed by atoms with E-state index in [9.17, 15) is 0 Å². The molecule has 0 spiro atoms. The lowest BCUT2D eigenvalue weighted by molar-refractivity contribution is 0.111. The second kappa shape index (κ2) is 6.70. The molecular formula is C11H24N2S. The Morgan fingerprint density at radius 2 is 2.21 bits per heavy atom. The third-order valence-corrected chi connectivity index (χ3v) is 4.23. The standard InChI is InChI=1S/C11H24N2S/c1-3-14-8-7-11(9-12)13(2)10-5-4-6-10/h10-11H,3-9,12H2,1-2H3. The highest BCUT2D eigenvalue weighted by molar-refractivity contribution is 7.99. The van der Waals surface area contributed by atoms with Gasteiger partial charge in [-0.25, -0.2) is 0 Å². The second-order valence-electron chi connectivity index (χ2n) is 4.13. The lowest BCUT2D eigenvalue weighted by Crippen LogP contribution is -2.47. The Labute approximate surface area is 92.6 Å². The van der Waals surface area contributed by atoms with Crippen LogP contribution in [-0.4, -0.2) is 42.1 Å². The number of nitrogens with zero attached hydrogens (tertiary/aromatic N) is 1. The first-order valence-electron chi connectivity index (χ1n) is 5.79. The van der Waals surface area contributed by atoms with Gasteiger partial charge in [0.15, 0.2) is 0 Å². The van der Waals surface area contributed by atoms with E-state index < -0.39 is 0 Å². The SMILES string of the molecule is CCSCCC(CN)N(C)C1CCC1. The van der Waals surface area contributed by atoms with E-state index >= 15 is 0 Å². The summed E-state index contributed by atoms with van der Waals surface area (Å²) in [4.78, 5) is 2.51. The summed E-state index contributed by atoms with van der Waals surface area (Å²) < 4.78 is 0. The first-order valence-corrected chi connectivity index (χ1v) is 6.94. The maximum absolute atomic E-state index is 5.82. The van der Waals surface area contributed by atoms with E-state index in [0.29, 0.717) is 6.04 Å². The van der Waals surface area contributed by atoms with E-state index in [-0.39, 0.29) is 0 Å². The predicted molar refractivity (Wildman–Crippen MR) is 65.9 cm³/mol. The van der Waals surface area contributed by atoms with E-state index in [4.69, 9.17) is 5.73 Å². The average molecular weight is 216 g/mol. The molecular weight excluding hydrogens is 192 g/mol. The molecule has 84 valence electrons. The molecule has 1 atom stereocenters. The van der Waals surface area contributed by atoms with Crippen molar-refractivity contribution in [2.45, 2.75) is 44.7 Å². The Morgan fingerprint density at radius 3 is 2.64 bits per heavy atom. The van der Waals surface area contributed by atoms with Crippen molar-refractivity contribution >= 4 is 11.8 Å². The molecule has 0 aromatic heterocycles. The zero-order valence-corrected chi connectivity index (χ0v) is 10.4. The molecule has 0 saturated heterocycles. The van der Waals surface area contributed by atoms with Crippen molar-refractivity contribution in [1.29, 1.82) is 0 Å². The zero-order valence-electron chi connectivity index (χ0n) is 9.54. The highest BCUT2D eigenvalue weighted by atomic mass is 32.2. The van der Waals surface area contributed by atoms with Crippen molar-refractivity contribution in [2.24, 2.45) is 5.73 Å². The van der Waals surface area contributed by atoms with Gasteiger partial charge in [-0.3, -0.25) is 4.90 Å². The number of thioether (sulfide) groups is 1. The number of nitrogens with two attached hydrogens (primary N) is 1. The molecule has 3 heteroatoms. The highest BCUT2D eigenvalue weighted by Crippen LogP contribution is 2.25. The Bertz CT molecular complexity index is 148. The van der Waals surface area contributed by atoms with Gasteiger partial charge in [-0.15, -0.1) is 0 Å². The molecule has 1 fully saturated rings. The van der Waals surface area contributed by atoms with Gasteiger partial charge in [0, 0.05) is 18.6 Å². The first-order chi connectivity index (χ1) is 6.79. The fourth-order valence-electron chi connectivity index (χ4n) is 1.94. The molecule has 0 aliphatic heterocycles. The summed E-state index contributed by atoms with van der Waals surface area (Å²) in [5, 5.41) is 0. The van der Waals surface area contributed by atoms with Gasteiger partial charge in [-0.05, 0) is 37.8 Å². The van der Waals surface area contributed by atoms with Crippen molar-refractivity contribution < 1.29 is 0 Å². The van der Waals surface area contributed by atoms with E-state index in [1.165, 1.54) is 37.2 Å². The smallest absolute Gasteiger partial charge is 0.0226 e. The van der Waals surface area contributed by atoms with Gasteiger partial charge in [0.25, 0.3) is 0 Å². The molecule has 2 nitrogen and oxygen atoms in total. The Kier molecular flexibility index (Phi) is 5.90. The number of hydrogen-bond donors (Lipinski definition) is 1. The number of likely N-dealkylation sites (N-methyl/N-ethyl adjacent to an activating group) is 1. The fourth-order valence-corrected chi connectivity index (χ4v) is 2.67. The minimum Gasteiger partial charge on any atom is -0.329 e. The van der Waals surface area contributed by atoms with Gasteiger partial charge in [0.2, 0.25) is 0 Å². The minimum absolute atomic E-state index is 0.611. The molecule has 1 saturated carbocycles. The van der Waals surface area contributed by atoms with Crippen LogP contribution in [0.15, 0.2) is 0 Å². The monoisotopic (exact) mass is 216 g/mol. The fraction of sp³-hybridized carbons (Fsp3) is 1.00. The van der Waals surface area contributed by atoms with Gasteiger partial charge in [-0.2, -0.15) is 11.8 Å². The van der Waals surface area contributed by atoms with Crippen molar-refractivity contribution in [3.8, 4) is 0 Å². The van der Waals surface area contributed by atoms with Crippen LogP contribution < -0.4 is 5.73 Å². The van der Waals surface area contributed by atoms with Crippen LogP contribution in [0.1, 0.15) is 32.6 Å². The highest BCUT2D eigenvalue weighted by Gasteiger charge is 2.26. The first kappa shape index (κ1) is 12.3. The van der Waals surface area contributed by atoms with Crippen LogP contribution in [0.3, 0.4) is 0 Å². The summed E-state index contributed by atoms with van der Waals surface area (Å²) in [5.41, 5.74) is 5.82. The van der Waals surface area contributed by atoms with Gasteiger partial charge in [0.05, 0.1) is 0 Å². The average Bonchev–Trinajstić information content (AvgIpc) is 2.09. The molecule has 0 aromatic rings. The third-order valence-electron chi connectivity index (χ3n) is 3.30. The Balaban J connectivity index is 2.21. The molecule has 1 unspecified atom stereocenters. The summed E-state index contributed by atoms with van der Waals surface area (Å²) in [7, 11) is 2.25. The molecule has 0 aromatic carbocycles. The molecule has 2 N–H and O–H groups in total. The van der Waals surface area contributed by atoms with E-state index in [1.54, 1.807) is 0 Å². The molecule has 0 radical (unpaired) electrons. The summed E-state index contributed by atoms with van der Waals surface area (Å²) in [6.45, 7) is 3.04. The molecule has 1 aliphatic rings. The minimum atomic E-state index is 0.611. The zero-order chi connectivity index (χ0) is 10.4. The second-order valence-corrected chi connectivity index (χ2v) is 5.52. The maximum Gasteiger partial charge on any atom is 0.0226 e. The lowest BCUT2D eigenvalue weighted by atomic mass is 9.90. The van der Waals surface area contributed by atoms with Crippen molar-refractivity contribution in [1.82, 2.24) is 4.90 Å². The van der Waals surface area contributed by atoms with E-state index in [1.807, 2.05) is 11.8 Å². The van der Waals surface area contributed by atoms with Crippen LogP contribution in [0.5, 0.6) is 0 Å². The van der Waals surface area contributed by atoms with Crippen molar-refractivity contribution in [3.05, 3.63) is 0 Å². The van der Waals surface area contributed by atoms with Crippen LogP contribution in [0.2, 0.25) is 0 Å². The third kappa shape index (κ3) is 3.44. The lowest BCUT2D eigenvalue weighted by Gasteiger charge is -2.39. The van der Waals surface area contributed by atoms with Crippen LogP contribution in [0, 0.1) is 0 Å². The van der Waals surface area contributed by atoms with E-state index in [0.717, 1.165) is 12.6 Å². The topological polar surface area (TPSA) is 29.3 Å². The van der Waals surface area contributed by atoms with Crippen molar-refractivity contribution in [2.75, 3.05) is 25.1 Å². The summed E-state index contributed by atoms with van der Waals surface area (Å²) in [5.74, 6) is 2.49. The Hall–Kier alpha value is 0.270. The summed E-state index contributed by atoms with van der Waals surface area (Å²) >= 11 is 2.02. The van der Waals surface area contributed by atoms with Gasteiger partial charge >= 0.3 is 0 Å². The van der Waals surface area contributed by atoms with Crippen LogP contribution in [-0.2, 0) is 0 Å². The normalized spacial score (nSPS) is 19.7. The molecule has 0 amide bonds. The van der Waals surface area contributed by atoms with E-state index in [2.05, 4.69) is 18.9 Å². The van der Waals surface area contributed by atoms with Crippen LogP contribution in [0.4, 0.5) is 0 Å². The molecule has 1 aliphatic carbocycles. The molecule has 14 heavy (non-hydrogen) atoms. The predicted octanol–water partition coefficient (Wildman–Crippen LogP) is 1.94. The van der Waals surface area contributed by atoms with Gasteiger partial charge in [-0.1, -0.05) is 13.3 Å². The largest absolute Gasteiger partial charge is 0.329 e. The Morgan fingerprint density at radius 1 is 1.50 bits per heavy atom. The van der Waals surface area contributed by atoms with Crippen LogP contribution >= 0.6 is 11.8 Å². The summed E-state index contributed by atoms with van der Waals surface area (Å²) in [6.07, 6.45) is 5.43. The van der Waals surface area contributed by atoms with Crippen molar-refractivity contribution in [3.63, 3.8) is 0 Å². The van der Waals surface area contributed by atoms with Gasteiger partial charge < -0.3 is 5.73 Å². The number of rotatable bonds is 7. The molecule has 0 heterocycles. The summed E-state index contributed by atoms with van der Waals surface area (Å²) in [6, 6.07) is 1.44. The van der Waals surface area contributed by atoms with Gasteiger partial charge in [0.1, 0.15) is 0 Å². The number of hydrogen-bond acceptors (Lipinski definition) is 3. The van der Waals surface area contributed by atoms with Crippen LogP contribution in [0.25, 0.3) is 0 Å². The maximum atomic E-state index is 5.82. The quantitative estimate of drug-likeness (QED) is 0.660.